The number of benzene rings is 1. The van der Waals surface area contributed by atoms with E-state index in [2.05, 4.69) is 10.3 Å². The minimum atomic E-state index is -1.28. The van der Waals surface area contributed by atoms with Crippen LogP contribution in [0.4, 0.5) is 0 Å². The molecule has 0 fully saturated rings. The molecule has 7 heteroatoms. The SMILES string of the molecule is COC(=O)C(C)[C@H](NC(O)OC(C)(C)C)c1cncc(OCc2ccccc2)c1. The molecule has 3 atom stereocenters. The fraction of sp³-hybridized carbons (Fsp3) is 0.455. The number of hydrogen-bond donors (Lipinski definition) is 2. The van der Waals surface area contributed by atoms with E-state index in [-0.39, 0.29) is 0 Å². The molecule has 0 aliphatic carbocycles. The van der Waals surface area contributed by atoms with Crippen LogP contribution in [0.5, 0.6) is 5.75 Å². The average Bonchev–Trinajstić information content (AvgIpc) is 2.69. The van der Waals surface area contributed by atoms with E-state index in [4.69, 9.17) is 14.2 Å². The third-order valence-electron chi connectivity index (χ3n) is 4.20. The molecule has 158 valence electrons. The van der Waals surface area contributed by atoms with Gasteiger partial charge < -0.3 is 19.3 Å². The number of pyridine rings is 1. The first-order valence-electron chi connectivity index (χ1n) is 9.51. The molecule has 0 saturated heterocycles. The lowest BCUT2D eigenvalue weighted by Crippen LogP contribution is -2.43. The lowest BCUT2D eigenvalue weighted by Gasteiger charge is -2.30. The molecule has 1 heterocycles. The lowest BCUT2D eigenvalue weighted by atomic mass is 9.95. The van der Waals surface area contributed by atoms with Gasteiger partial charge in [-0.25, -0.2) is 0 Å². The van der Waals surface area contributed by atoms with E-state index in [1.807, 2.05) is 51.1 Å². The summed E-state index contributed by atoms with van der Waals surface area (Å²) in [7, 11) is 1.33. The summed E-state index contributed by atoms with van der Waals surface area (Å²) in [5, 5.41) is 13.2. The molecule has 0 radical (unpaired) electrons. The highest BCUT2D eigenvalue weighted by molar-refractivity contribution is 5.73. The van der Waals surface area contributed by atoms with Crippen LogP contribution < -0.4 is 10.1 Å². The molecular weight excluding hydrogens is 372 g/mol. The van der Waals surface area contributed by atoms with E-state index in [9.17, 15) is 9.90 Å². The quantitative estimate of drug-likeness (QED) is 0.492. The van der Waals surface area contributed by atoms with Crippen LogP contribution in [0.15, 0.2) is 48.8 Å². The Hall–Kier alpha value is -2.48. The fourth-order valence-corrected chi connectivity index (χ4v) is 2.80. The molecule has 7 nitrogen and oxygen atoms in total. The summed E-state index contributed by atoms with van der Waals surface area (Å²) >= 11 is 0. The Morgan fingerprint density at radius 2 is 1.90 bits per heavy atom. The first-order valence-corrected chi connectivity index (χ1v) is 9.51. The Labute approximate surface area is 172 Å². The van der Waals surface area contributed by atoms with E-state index < -0.39 is 29.9 Å². The minimum Gasteiger partial charge on any atom is -0.487 e. The second kappa shape index (κ2) is 10.3. The lowest BCUT2D eigenvalue weighted by molar-refractivity contribution is -0.188. The van der Waals surface area contributed by atoms with Gasteiger partial charge in [0, 0.05) is 6.20 Å². The van der Waals surface area contributed by atoms with Gasteiger partial charge in [-0.15, -0.1) is 0 Å². The number of carbonyl (C=O) groups is 1. The molecule has 1 aromatic heterocycles. The Morgan fingerprint density at radius 1 is 1.21 bits per heavy atom. The summed E-state index contributed by atoms with van der Waals surface area (Å²) in [5.41, 5.74) is 1.14. The Morgan fingerprint density at radius 3 is 2.52 bits per heavy atom. The van der Waals surface area contributed by atoms with Crippen molar-refractivity contribution >= 4 is 5.97 Å². The van der Waals surface area contributed by atoms with Gasteiger partial charge in [0.25, 0.3) is 0 Å². The maximum atomic E-state index is 12.2. The Bertz CT molecular complexity index is 776. The summed E-state index contributed by atoms with van der Waals surface area (Å²) in [4.78, 5) is 16.4. The van der Waals surface area contributed by atoms with Crippen molar-refractivity contribution in [3.8, 4) is 5.75 Å². The highest BCUT2D eigenvalue weighted by atomic mass is 16.6. The fourth-order valence-electron chi connectivity index (χ4n) is 2.80. The molecule has 2 N–H and O–H groups in total. The van der Waals surface area contributed by atoms with Gasteiger partial charge in [0.1, 0.15) is 12.4 Å². The van der Waals surface area contributed by atoms with Gasteiger partial charge in [-0.3, -0.25) is 15.1 Å². The summed E-state index contributed by atoms with van der Waals surface area (Å²) in [5.74, 6) is -0.452. The summed E-state index contributed by atoms with van der Waals surface area (Å²) in [6.07, 6.45) is 1.95. The zero-order valence-electron chi connectivity index (χ0n) is 17.6. The van der Waals surface area contributed by atoms with Gasteiger partial charge in [-0.2, -0.15) is 0 Å². The number of rotatable bonds is 9. The Balaban J connectivity index is 2.19. The van der Waals surface area contributed by atoms with Crippen molar-refractivity contribution in [3.05, 3.63) is 59.9 Å². The van der Waals surface area contributed by atoms with Gasteiger partial charge in [-0.1, -0.05) is 37.3 Å². The van der Waals surface area contributed by atoms with Crippen LogP contribution in [-0.4, -0.2) is 35.2 Å². The van der Waals surface area contributed by atoms with Gasteiger partial charge in [0.2, 0.25) is 6.41 Å². The molecule has 0 aliphatic heterocycles. The topological polar surface area (TPSA) is 89.9 Å². The summed E-state index contributed by atoms with van der Waals surface area (Å²) in [6.45, 7) is 7.60. The predicted molar refractivity (Wildman–Crippen MR) is 109 cm³/mol. The van der Waals surface area contributed by atoms with Gasteiger partial charge in [0.05, 0.1) is 30.9 Å². The van der Waals surface area contributed by atoms with Crippen LogP contribution >= 0.6 is 0 Å². The van der Waals surface area contributed by atoms with Crippen molar-refractivity contribution in [2.24, 2.45) is 5.92 Å². The van der Waals surface area contributed by atoms with Crippen molar-refractivity contribution in [2.75, 3.05) is 7.11 Å². The normalized spacial score (nSPS) is 14.7. The predicted octanol–water partition coefficient (Wildman–Crippen LogP) is 3.19. The number of aliphatic hydroxyl groups excluding tert-OH is 1. The maximum absolute atomic E-state index is 12.2. The van der Waals surface area contributed by atoms with E-state index in [0.29, 0.717) is 17.9 Å². The van der Waals surface area contributed by atoms with Crippen LogP contribution in [0.3, 0.4) is 0 Å². The van der Waals surface area contributed by atoms with E-state index in [1.54, 1.807) is 25.4 Å². The van der Waals surface area contributed by atoms with Crippen molar-refractivity contribution in [1.29, 1.82) is 0 Å². The van der Waals surface area contributed by atoms with Crippen molar-refractivity contribution in [2.45, 2.75) is 52.4 Å². The van der Waals surface area contributed by atoms with Gasteiger partial charge in [0.15, 0.2) is 0 Å². The third-order valence-corrected chi connectivity index (χ3v) is 4.20. The highest BCUT2D eigenvalue weighted by Crippen LogP contribution is 2.27. The molecule has 0 spiro atoms. The van der Waals surface area contributed by atoms with E-state index >= 15 is 0 Å². The molecule has 2 unspecified atom stereocenters. The average molecular weight is 402 g/mol. The third kappa shape index (κ3) is 7.45. The van der Waals surface area contributed by atoms with Crippen LogP contribution in [0.1, 0.15) is 44.9 Å². The van der Waals surface area contributed by atoms with Gasteiger partial charge in [-0.05, 0) is 38.0 Å². The summed E-state index contributed by atoms with van der Waals surface area (Å²) in [6, 6.07) is 11.0. The second-order valence-electron chi connectivity index (χ2n) is 7.77. The molecule has 0 amide bonds. The molecule has 1 aromatic carbocycles. The number of methoxy groups -OCH3 is 1. The van der Waals surface area contributed by atoms with E-state index in [0.717, 1.165) is 5.56 Å². The zero-order valence-corrected chi connectivity index (χ0v) is 17.6. The number of ether oxygens (including phenoxy) is 3. The first kappa shape index (κ1) is 22.8. The van der Waals surface area contributed by atoms with Crippen LogP contribution in [0.2, 0.25) is 0 Å². The van der Waals surface area contributed by atoms with Crippen molar-refractivity contribution in [1.82, 2.24) is 10.3 Å². The number of aromatic nitrogens is 1. The van der Waals surface area contributed by atoms with Crippen LogP contribution in [0, 0.1) is 5.92 Å². The molecule has 0 aliphatic rings. The van der Waals surface area contributed by atoms with Crippen molar-refractivity contribution in [3.63, 3.8) is 0 Å². The van der Waals surface area contributed by atoms with E-state index in [1.165, 1.54) is 7.11 Å². The second-order valence-corrected chi connectivity index (χ2v) is 7.77. The molecule has 0 saturated carbocycles. The number of nitrogens with zero attached hydrogens (tertiary/aromatic N) is 1. The monoisotopic (exact) mass is 402 g/mol. The molecular formula is C22H30N2O5. The number of hydrogen-bond acceptors (Lipinski definition) is 7. The highest BCUT2D eigenvalue weighted by Gasteiger charge is 2.30. The standard InChI is InChI=1S/C22H30N2O5/c1-15(20(25)27-5)19(24-21(26)29-22(2,3)4)17-11-18(13-23-12-17)28-14-16-9-7-6-8-10-16/h6-13,15,19,21,24,26H,14H2,1-5H3/t15?,19-,21?/m0/s1. The number of esters is 1. The molecule has 2 aromatic rings. The molecule has 29 heavy (non-hydrogen) atoms. The largest absolute Gasteiger partial charge is 0.487 e. The maximum Gasteiger partial charge on any atom is 0.310 e. The first-order chi connectivity index (χ1) is 13.7. The van der Waals surface area contributed by atoms with Crippen LogP contribution in [-0.2, 0) is 20.9 Å². The number of aliphatic hydroxyl groups is 1. The van der Waals surface area contributed by atoms with Crippen molar-refractivity contribution < 1.29 is 24.1 Å². The smallest absolute Gasteiger partial charge is 0.310 e. The number of carbonyl (C=O) groups excluding carboxylic acids is 1. The Kier molecular flexibility index (Phi) is 8.13. The van der Waals surface area contributed by atoms with Gasteiger partial charge >= 0.3 is 5.97 Å². The zero-order chi connectivity index (χ0) is 21.4. The minimum absolute atomic E-state index is 0.395. The molecule has 2 rings (SSSR count). The number of nitrogens with one attached hydrogen (secondary N) is 1. The summed E-state index contributed by atoms with van der Waals surface area (Å²) < 4.78 is 16.2. The van der Waals surface area contributed by atoms with Crippen LogP contribution in [0.25, 0.3) is 0 Å². The molecule has 0 bridgehead atoms.